The summed E-state index contributed by atoms with van der Waals surface area (Å²) in [6.07, 6.45) is 0.136. The lowest BCUT2D eigenvalue weighted by Gasteiger charge is -2.26. The number of rotatable bonds is 4. The molecule has 0 saturated carbocycles. The van der Waals surface area contributed by atoms with Gasteiger partial charge in [-0.1, -0.05) is 30.3 Å². The minimum Gasteiger partial charge on any atom is -0.378 e. The number of aryl methyl sites for hydroxylation is 1. The van der Waals surface area contributed by atoms with Gasteiger partial charge in [-0.3, -0.25) is 14.3 Å². The van der Waals surface area contributed by atoms with Gasteiger partial charge in [0, 0.05) is 33.3 Å². The monoisotopic (exact) mass is 398 g/mol. The highest BCUT2D eigenvalue weighted by Crippen LogP contribution is 2.23. The van der Waals surface area contributed by atoms with E-state index < -0.39 is 6.10 Å². The van der Waals surface area contributed by atoms with Crippen molar-refractivity contribution >= 4 is 11.8 Å². The molecule has 0 spiro atoms. The van der Waals surface area contributed by atoms with E-state index >= 15 is 0 Å². The van der Waals surface area contributed by atoms with Gasteiger partial charge in [0.05, 0.1) is 25.5 Å². The molecule has 0 aliphatic carbocycles. The number of hydrogen-bond acceptors (Lipinski definition) is 5. The third-order valence-corrected chi connectivity index (χ3v) is 5.41. The Morgan fingerprint density at radius 3 is 2.55 bits per heavy atom. The van der Waals surface area contributed by atoms with Gasteiger partial charge in [-0.25, -0.2) is 0 Å². The van der Waals surface area contributed by atoms with Crippen LogP contribution in [0.15, 0.2) is 36.4 Å². The molecule has 1 aromatic carbocycles. The summed E-state index contributed by atoms with van der Waals surface area (Å²) in [7, 11) is 1.55. The average molecular weight is 398 g/mol. The first kappa shape index (κ1) is 19.6. The van der Waals surface area contributed by atoms with Crippen molar-refractivity contribution in [2.45, 2.75) is 25.6 Å². The van der Waals surface area contributed by atoms with Crippen LogP contribution in [0, 0.1) is 0 Å². The van der Waals surface area contributed by atoms with Gasteiger partial charge in [-0.2, -0.15) is 5.10 Å². The molecule has 2 aliphatic rings. The molecular formula is C21H26N4O4. The van der Waals surface area contributed by atoms with Crippen molar-refractivity contribution in [3.8, 4) is 0 Å². The van der Waals surface area contributed by atoms with Crippen LogP contribution in [0.3, 0.4) is 0 Å². The van der Waals surface area contributed by atoms with Gasteiger partial charge in [0.25, 0.3) is 11.8 Å². The van der Waals surface area contributed by atoms with Gasteiger partial charge in [-0.15, -0.1) is 0 Å². The molecule has 1 atom stereocenters. The molecule has 1 saturated heterocycles. The van der Waals surface area contributed by atoms with E-state index in [1.165, 1.54) is 0 Å². The molecular weight excluding hydrogens is 372 g/mol. The zero-order valence-corrected chi connectivity index (χ0v) is 16.6. The normalized spacial score (nSPS) is 18.1. The number of morpholine rings is 1. The van der Waals surface area contributed by atoms with Gasteiger partial charge in [0.15, 0.2) is 11.8 Å². The molecule has 8 nitrogen and oxygen atoms in total. The SMILES string of the molecule is CO[C@H](C(=O)N1CCCn2nc(C(=O)N3CCOCC3)cc2C1)c1ccccc1. The third-order valence-electron chi connectivity index (χ3n) is 5.41. The molecule has 3 heterocycles. The summed E-state index contributed by atoms with van der Waals surface area (Å²) in [4.78, 5) is 29.5. The number of benzene rings is 1. The number of hydrogen-bond donors (Lipinski definition) is 0. The minimum atomic E-state index is -0.639. The maximum atomic E-state index is 13.2. The maximum Gasteiger partial charge on any atom is 0.274 e. The number of nitrogens with zero attached hydrogens (tertiary/aromatic N) is 4. The van der Waals surface area contributed by atoms with Crippen LogP contribution >= 0.6 is 0 Å². The first-order valence-corrected chi connectivity index (χ1v) is 9.97. The van der Waals surface area contributed by atoms with Crippen LogP contribution in [-0.4, -0.2) is 71.4 Å². The second kappa shape index (κ2) is 8.75. The number of amides is 2. The average Bonchev–Trinajstić information content (AvgIpc) is 3.06. The summed E-state index contributed by atoms with van der Waals surface area (Å²) in [5, 5.41) is 4.52. The highest BCUT2D eigenvalue weighted by atomic mass is 16.5. The minimum absolute atomic E-state index is 0.0746. The van der Waals surface area contributed by atoms with Crippen molar-refractivity contribution in [3.63, 3.8) is 0 Å². The van der Waals surface area contributed by atoms with Crippen LogP contribution in [0.5, 0.6) is 0 Å². The van der Waals surface area contributed by atoms with Crippen molar-refractivity contribution < 1.29 is 19.1 Å². The predicted molar refractivity (Wildman–Crippen MR) is 105 cm³/mol. The summed E-state index contributed by atoms with van der Waals surface area (Å²) >= 11 is 0. The number of methoxy groups -OCH3 is 1. The van der Waals surface area contributed by atoms with Crippen molar-refractivity contribution in [3.05, 3.63) is 53.3 Å². The number of carbonyl (C=O) groups excluding carboxylic acids is 2. The smallest absolute Gasteiger partial charge is 0.274 e. The van der Waals surface area contributed by atoms with Crippen molar-refractivity contribution in [1.29, 1.82) is 0 Å². The van der Waals surface area contributed by atoms with E-state index in [-0.39, 0.29) is 11.8 Å². The van der Waals surface area contributed by atoms with Gasteiger partial charge >= 0.3 is 0 Å². The number of ether oxygens (including phenoxy) is 2. The lowest BCUT2D eigenvalue weighted by Crippen LogP contribution is -2.40. The van der Waals surface area contributed by atoms with E-state index in [1.807, 2.05) is 41.1 Å². The van der Waals surface area contributed by atoms with E-state index in [0.29, 0.717) is 51.6 Å². The molecule has 2 aliphatic heterocycles. The molecule has 8 heteroatoms. The standard InChI is InChI=1S/C21H26N4O4/c1-28-19(16-6-3-2-4-7-16)21(27)24-8-5-9-25-17(15-24)14-18(22-25)20(26)23-10-12-29-13-11-23/h2-4,6-7,14,19H,5,8-13,15H2,1H3/t19-/m0/s1. The van der Waals surface area contributed by atoms with Gasteiger partial charge < -0.3 is 19.3 Å². The van der Waals surface area contributed by atoms with Crippen LogP contribution in [0.4, 0.5) is 0 Å². The lowest BCUT2D eigenvalue weighted by molar-refractivity contribution is -0.143. The molecule has 2 aromatic rings. The molecule has 29 heavy (non-hydrogen) atoms. The molecule has 0 bridgehead atoms. The Morgan fingerprint density at radius 2 is 1.83 bits per heavy atom. The molecule has 4 rings (SSSR count). The Bertz CT molecular complexity index is 861. The van der Waals surface area contributed by atoms with Crippen LogP contribution in [0.2, 0.25) is 0 Å². The van der Waals surface area contributed by atoms with Crippen LogP contribution in [0.1, 0.15) is 34.3 Å². The van der Waals surface area contributed by atoms with E-state index in [0.717, 1.165) is 17.7 Å². The Balaban J connectivity index is 1.51. The summed E-state index contributed by atoms with van der Waals surface area (Å²) in [6, 6.07) is 11.3. The molecule has 0 N–H and O–H groups in total. The highest BCUT2D eigenvalue weighted by molar-refractivity contribution is 5.92. The first-order chi connectivity index (χ1) is 14.2. The van der Waals surface area contributed by atoms with Gasteiger partial charge in [-0.05, 0) is 18.1 Å². The molecule has 154 valence electrons. The predicted octanol–water partition coefficient (Wildman–Crippen LogP) is 1.48. The van der Waals surface area contributed by atoms with Gasteiger partial charge in [0.1, 0.15) is 0 Å². The molecule has 0 unspecified atom stereocenters. The first-order valence-electron chi connectivity index (χ1n) is 9.97. The van der Waals surface area contributed by atoms with Crippen LogP contribution in [-0.2, 0) is 27.4 Å². The van der Waals surface area contributed by atoms with Crippen molar-refractivity contribution in [2.75, 3.05) is 40.0 Å². The van der Waals surface area contributed by atoms with E-state index in [4.69, 9.17) is 9.47 Å². The van der Waals surface area contributed by atoms with Gasteiger partial charge in [0.2, 0.25) is 0 Å². The summed E-state index contributed by atoms with van der Waals surface area (Å²) in [5.74, 6) is -0.153. The zero-order valence-electron chi connectivity index (χ0n) is 16.6. The summed E-state index contributed by atoms with van der Waals surface area (Å²) < 4.78 is 12.7. The van der Waals surface area contributed by atoms with E-state index in [2.05, 4.69) is 5.10 Å². The van der Waals surface area contributed by atoms with E-state index in [1.54, 1.807) is 16.9 Å². The fraction of sp³-hybridized carbons (Fsp3) is 0.476. The molecule has 1 aromatic heterocycles. The largest absolute Gasteiger partial charge is 0.378 e. The second-order valence-electron chi connectivity index (χ2n) is 7.29. The summed E-state index contributed by atoms with van der Waals surface area (Å²) in [6.45, 7) is 3.99. The Kier molecular flexibility index (Phi) is 5.92. The summed E-state index contributed by atoms with van der Waals surface area (Å²) in [5.41, 5.74) is 2.14. The Labute approximate surface area is 170 Å². The molecule has 2 amide bonds. The quantitative estimate of drug-likeness (QED) is 0.780. The topological polar surface area (TPSA) is 76.9 Å². The Morgan fingerprint density at radius 1 is 1.07 bits per heavy atom. The second-order valence-corrected chi connectivity index (χ2v) is 7.29. The fourth-order valence-electron chi connectivity index (χ4n) is 3.86. The zero-order chi connectivity index (χ0) is 20.2. The Hall–Kier alpha value is -2.71. The number of fused-ring (bicyclic) bond motifs is 1. The van der Waals surface area contributed by atoms with Crippen molar-refractivity contribution in [1.82, 2.24) is 19.6 Å². The molecule has 0 radical (unpaired) electrons. The maximum absolute atomic E-state index is 13.2. The number of aromatic nitrogens is 2. The fourth-order valence-corrected chi connectivity index (χ4v) is 3.86. The third kappa shape index (κ3) is 4.18. The van der Waals surface area contributed by atoms with Crippen LogP contribution in [0.25, 0.3) is 0 Å². The van der Waals surface area contributed by atoms with Crippen molar-refractivity contribution in [2.24, 2.45) is 0 Å². The van der Waals surface area contributed by atoms with Crippen LogP contribution < -0.4 is 0 Å². The highest BCUT2D eigenvalue weighted by Gasteiger charge is 2.29. The van der Waals surface area contributed by atoms with E-state index in [9.17, 15) is 9.59 Å². The number of carbonyl (C=O) groups is 2. The molecule has 1 fully saturated rings. The lowest BCUT2D eigenvalue weighted by atomic mass is 10.1.